The lowest BCUT2D eigenvalue weighted by molar-refractivity contribution is -0.385. The molecule has 0 aliphatic heterocycles. The Balaban J connectivity index is 3.11. The monoisotopic (exact) mass is 255 g/mol. The maximum atomic E-state index is 10.9. The highest BCUT2D eigenvalue weighted by Gasteiger charge is 2.20. The summed E-state index contributed by atoms with van der Waals surface area (Å²) in [5.74, 6) is -1.21. The molecule has 1 N–H and O–H groups in total. The Morgan fingerprint density at radius 1 is 1.44 bits per heavy atom. The second-order valence-corrected chi connectivity index (χ2v) is 3.51. The Labute approximate surface area is 103 Å². The van der Waals surface area contributed by atoms with E-state index in [9.17, 15) is 14.9 Å². The highest BCUT2D eigenvalue weighted by atomic mass is 16.7. The predicted octanol–water partition coefficient (Wildman–Crippen LogP) is 1.45. The number of aromatic carboxylic acids is 1. The minimum absolute atomic E-state index is 0.128. The van der Waals surface area contributed by atoms with Crippen molar-refractivity contribution in [3.63, 3.8) is 0 Å². The van der Waals surface area contributed by atoms with Gasteiger partial charge < -0.3 is 14.6 Å². The molecular weight excluding hydrogens is 242 g/mol. The predicted molar refractivity (Wildman–Crippen MR) is 61.6 cm³/mol. The van der Waals surface area contributed by atoms with Crippen LogP contribution in [0.4, 0.5) is 5.69 Å². The SMILES string of the molecule is COC(Cc1ccc(C(=O)O)cc1[N+](=O)[O-])OC. The van der Waals surface area contributed by atoms with Gasteiger partial charge in [-0.15, -0.1) is 0 Å². The van der Waals surface area contributed by atoms with Gasteiger partial charge >= 0.3 is 5.97 Å². The minimum atomic E-state index is -1.21. The molecule has 0 aromatic heterocycles. The lowest BCUT2D eigenvalue weighted by Gasteiger charge is -2.13. The number of nitro benzene ring substituents is 1. The Bertz CT molecular complexity index is 455. The molecule has 0 bridgehead atoms. The van der Waals surface area contributed by atoms with Crippen molar-refractivity contribution in [2.45, 2.75) is 12.7 Å². The van der Waals surface area contributed by atoms with Crippen molar-refractivity contribution < 1.29 is 24.3 Å². The molecule has 0 fully saturated rings. The normalized spacial score (nSPS) is 10.6. The largest absolute Gasteiger partial charge is 0.478 e. The van der Waals surface area contributed by atoms with E-state index in [2.05, 4.69) is 0 Å². The molecule has 1 rings (SSSR count). The molecule has 0 aliphatic rings. The van der Waals surface area contributed by atoms with Crippen molar-refractivity contribution in [3.8, 4) is 0 Å². The van der Waals surface area contributed by atoms with Crippen LogP contribution in [-0.2, 0) is 15.9 Å². The number of hydrogen-bond donors (Lipinski definition) is 1. The molecule has 0 spiro atoms. The molecule has 1 aromatic rings. The lowest BCUT2D eigenvalue weighted by Crippen LogP contribution is -2.17. The van der Waals surface area contributed by atoms with Gasteiger partial charge in [0.05, 0.1) is 10.5 Å². The number of rotatable bonds is 6. The number of nitro groups is 1. The summed E-state index contributed by atoms with van der Waals surface area (Å²) >= 11 is 0. The number of methoxy groups -OCH3 is 2. The van der Waals surface area contributed by atoms with E-state index in [0.717, 1.165) is 6.07 Å². The van der Waals surface area contributed by atoms with Gasteiger partial charge in [-0.1, -0.05) is 6.07 Å². The summed E-state index contributed by atoms with van der Waals surface area (Å²) in [6.07, 6.45) is -0.442. The second-order valence-electron chi connectivity index (χ2n) is 3.51. The Kier molecular flexibility index (Phi) is 4.75. The van der Waals surface area contributed by atoms with Gasteiger partial charge in [0.15, 0.2) is 6.29 Å². The van der Waals surface area contributed by atoms with Crippen molar-refractivity contribution in [3.05, 3.63) is 39.4 Å². The molecule has 0 saturated carbocycles. The van der Waals surface area contributed by atoms with E-state index in [-0.39, 0.29) is 17.7 Å². The fourth-order valence-electron chi connectivity index (χ4n) is 1.48. The maximum Gasteiger partial charge on any atom is 0.335 e. The molecule has 0 amide bonds. The van der Waals surface area contributed by atoms with Crippen LogP contribution in [0, 0.1) is 10.1 Å². The number of carboxylic acids is 1. The number of carboxylic acid groups (broad SMARTS) is 1. The first kappa shape index (κ1) is 14.1. The number of ether oxygens (including phenoxy) is 2. The van der Waals surface area contributed by atoms with Crippen molar-refractivity contribution in [1.29, 1.82) is 0 Å². The molecule has 7 heteroatoms. The zero-order valence-electron chi connectivity index (χ0n) is 9.95. The topological polar surface area (TPSA) is 98.9 Å². The van der Waals surface area contributed by atoms with E-state index in [1.807, 2.05) is 0 Å². The fourth-order valence-corrected chi connectivity index (χ4v) is 1.48. The van der Waals surface area contributed by atoms with Crippen LogP contribution in [0.3, 0.4) is 0 Å². The molecule has 0 saturated heterocycles. The summed E-state index contributed by atoms with van der Waals surface area (Å²) in [5.41, 5.74) is -0.0236. The van der Waals surface area contributed by atoms with Gasteiger partial charge in [-0.3, -0.25) is 10.1 Å². The van der Waals surface area contributed by atoms with Crippen LogP contribution in [0.2, 0.25) is 0 Å². The summed E-state index contributed by atoms with van der Waals surface area (Å²) in [5, 5.41) is 19.7. The van der Waals surface area contributed by atoms with Crippen LogP contribution in [-0.4, -0.2) is 36.5 Å². The van der Waals surface area contributed by atoms with E-state index >= 15 is 0 Å². The van der Waals surface area contributed by atoms with Crippen LogP contribution in [0.5, 0.6) is 0 Å². The average Bonchev–Trinajstić information content (AvgIpc) is 2.35. The first-order valence-electron chi connectivity index (χ1n) is 5.05. The maximum absolute atomic E-state index is 10.9. The van der Waals surface area contributed by atoms with Crippen molar-refractivity contribution >= 4 is 11.7 Å². The average molecular weight is 255 g/mol. The highest BCUT2D eigenvalue weighted by Crippen LogP contribution is 2.22. The van der Waals surface area contributed by atoms with Crippen LogP contribution >= 0.6 is 0 Å². The molecule has 7 nitrogen and oxygen atoms in total. The fraction of sp³-hybridized carbons (Fsp3) is 0.364. The summed E-state index contributed by atoms with van der Waals surface area (Å²) < 4.78 is 9.91. The second kappa shape index (κ2) is 6.08. The summed E-state index contributed by atoms with van der Waals surface area (Å²) in [6, 6.07) is 3.74. The zero-order valence-corrected chi connectivity index (χ0v) is 9.95. The highest BCUT2D eigenvalue weighted by molar-refractivity contribution is 5.88. The standard InChI is InChI=1S/C11H13NO6/c1-17-10(18-2)6-7-3-4-8(11(13)14)5-9(7)12(15)16/h3-5,10H,6H2,1-2H3,(H,13,14). The van der Waals surface area contributed by atoms with Crippen LogP contribution in [0.25, 0.3) is 0 Å². The van der Waals surface area contributed by atoms with Gasteiger partial charge in [0.2, 0.25) is 0 Å². The van der Waals surface area contributed by atoms with Crippen LogP contribution < -0.4 is 0 Å². The van der Waals surface area contributed by atoms with E-state index in [1.54, 1.807) is 0 Å². The minimum Gasteiger partial charge on any atom is -0.478 e. The van der Waals surface area contributed by atoms with Crippen molar-refractivity contribution in [1.82, 2.24) is 0 Å². The Hall–Kier alpha value is -1.99. The number of hydrogen-bond acceptors (Lipinski definition) is 5. The molecule has 1 aromatic carbocycles. The third-order valence-corrected chi connectivity index (χ3v) is 2.44. The summed E-state index contributed by atoms with van der Waals surface area (Å²) in [6.45, 7) is 0. The molecule has 0 radical (unpaired) electrons. The summed E-state index contributed by atoms with van der Waals surface area (Å²) in [4.78, 5) is 21.0. The first-order chi connectivity index (χ1) is 8.49. The van der Waals surface area contributed by atoms with Crippen molar-refractivity contribution in [2.24, 2.45) is 0 Å². The molecule has 98 valence electrons. The summed E-state index contributed by atoms with van der Waals surface area (Å²) in [7, 11) is 2.84. The third kappa shape index (κ3) is 3.25. The molecule has 18 heavy (non-hydrogen) atoms. The number of carbonyl (C=O) groups is 1. The van der Waals surface area contributed by atoms with Gasteiger partial charge in [-0.2, -0.15) is 0 Å². The van der Waals surface area contributed by atoms with Gasteiger partial charge in [0, 0.05) is 32.3 Å². The molecule has 0 atom stereocenters. The quantitative estimate of drug-likeness (QED) is 0.469. The lowest BCUT2D eigenvalue weighted by atomic mass is 10.1. The number of nitrogens with zero attached hydrogens (tertiary/aromatic N) is 1. The molecular formula is C11H13NO6. The van der Waals surface area contributed by atoms with Crippen LogP contribution in [0.15, 0.2) is 18.2 Å². The van der Waals surface area contributed by atoms with E-state index in [0.29, 0.717) is 5.56 Å². The number of benzene rings is 1. The molecule has 0 unspecified atom stereocenters. The van der Waals surface area contributed by atoms with E-state index < -0.39 is 17.2 Å². The smallest absolute Gasteiger partial charge is 0.335 e. The zero-order chi connectivity index (χ0) is 13.7. The van der Waals surface area contributed by atoms with Crippen LogP contribution in [0.1, 0.15) is 15.9 Å². The van der Waals surface area contributed by atoms with E-state index in [1.165, 1.54) is 26.4 Å². The molecule has 0 heterocycles. The Morgan fingerprint density at radius 3 is 2.50 bits per heavy atom. The van der Waals surface area contributed by atoms with Crippen molar-refractivity contribution in [2.75, 3.05) is 14.2 Å². The van der Waals surface area contributed by atoms with Gasteiger partial charge in [0.1, 0.15) is 0 Å². The van der Waals surface area contributed by atoms with E-state index in [4.69, 9.17) is 14.6 Å². The first-order valence-corrected chi connectivity index (χ1v) is 5.05. The van der Waals surface area contributed by atoms with Gasteiger partial charge in [0.25, 0.3) is 5.69 Å². The molecule has 0 aliphatic carbocycles. The Morgan fingerprint density at radius 2 is 2.06 bits per heavy atom. The van der Waals surface area contributed by atoms with Gasteiger partial charge in [-0.25, -0.2) is 4.79 Å². The van der Waals surface area contributed by atoms with Gasteiger partial charge in [-0.05, 0) is 6.07 Å². The third-order valence-electron chi connectivity index (χ3n) is 2.44.